The van der Waals surface area contributed by atoms with Crippen molar-refractivity contribution in [3.05, 3.63) is 12.2 Å². The Hall–Kier alpha value is -1.60. The lowest BCUT2D eigenvalue weighted by molar-refractivity contribution is -0.141. The lowest BCUT2D eigenvalue weighted by Crippen LogP contribution is -2.46. The molecule has 0 spiro atoms. The number of carbonyl (C=O) groups is 2. The maximum atomic E-state index is 11.7. The molecule has 0 saturated heterocycles. The van der Waals surface area contributed by atoms with Crippen LogP contribution in [0.15, 0.2) is 12.2 Å². The van der Waals surface area contributed by atoms with E-state index in [0.717, 1.165) is 12.8 Å². The number of carbonyl (C=O) groups excluding carboxylic acids is 1. The smallest absolute Gasteiger partial charge is 0.408 e. The highest BCUT2D eigenvalue weighted by molar-refractivity contribution is 5.80. The largest absolute Gasteiger partial charge is 0.480 e. The summed E-state index contributed by atoms with van der Waals surface area (Å²) in [6, 6.07) is -1.19. The number of rotatable bonds is 11. The van der Waals surface area contributed by atoms with Crippen LogP contribution in [-0.2, 0) is 14.3 Å². The third-order valence-electron chi connectivity index (χ3n) is 3.57. The molecule has 0 aliphatic heterocycles. The number of carboxylic acid groups (broad SMARTS) is 1. The molecule has 0 aromatic rings. The molecule has 0 aromatic heterocycles. The Labute approximate surface area is 156 Å². The molecule has 152 valence electrons. The Morgan fingerprint density at radius 3 is 2.23 bits per heavy atom. The van der Waals surface area contributed by atoms with Crippen molar-refractivity contribution in [1.29, 1.82) is 0 Å². The summed E-state index contributed by atoms with van der Waals surface area (Å²) in [6.45, 7) is 11.1. The first-order valence-electron chi connectivity index (χ1n) is 9.07. The Balaban J connectivity index is 4.37. The zero-order valence-electron chi connectivity index (χ0n) is 16.8. The Morgan fingerprint density at radius 1 is 1.15 bits per heavy atom. The molecule has 0 radical (unpaired) electrons. The fraction of sp³-hybridized carbons (Fsp3) is 0.789. The van der Waals surface area contributed by atoms with Crippen molar-refractivity contribution >= 4 is 12.1 Å². The van der Waals surface area contributed by atoms with Gasteiger partial charge >= 0.3 is 12.1 Å². The molecule has 0 fully saturated rings. The summed E-state index contributed by atoms with van der Waals surface area (Å²) >= 11 is 0. The minimum atomic E-state index is -1.20. The molecule has 0 aliphatic carbocycles. The highest BCUT2D eigenvalue weighted by atomic mass is 16.6. The van der Waals surface area contributed by atoms with Gasteiger partial charge in [-0.2, -0.15) is 0 Å². The fourth-order valence-electron chi connectivity index (χ4n) is 2.13. The van der Waals surface area contributed by atoms with Crippen LogP contribution in [0.4, 0.5) is 4.79 Å². The topological polar surface area (TPSA) is 105 Å². The van der Waals surface area contributed by atoms with Gasteiger partial charge in [0.15, 0.2) is 6.04 Å². The molecule has 3 N–H and O–H groups in total. The second-order valence-electron chi connectivity index (χ2n) is 7.88. The summed E-state index contributed by atoms with van der Waals surface area (Å²) in [5, 5.41) is 21.2. The van der Waals surface area contributed by atoms with Crippen LogP contribution in [0.2, 0.25) is 0 Å². The number of nitrogens with one attached hydrogen (secondary N) is 1. The van der Waals surface area contributed by atoms with Gasteiger partial charge in [-0.15, -0.1) is 0 Å². The molecular formula is C19H35NO6. The number of amides is 1. The van der Waals surface area contributed by atoms with Gasteiger partial charge < -0.3 is 25.0 Å². The number of alkyl carbamates (subject to hydrolysis) is 1. The van der Waals surface area contributed by atoms with Crippen LogP contribution in [0.25, 0.3) is 0 Å². The molecule has 7 heteroatoms. The molecule has 26 heavy (non-hydrogen) atoms. The first kappa shape index (κ1) is 24.4. The lowest BCUT2D eigenvalue weighted by atomic mass is 9.93. The average molecular weight is 373 g/mol. The van der Waals surface area contributed by atoms with Gasteiger partial charge in [0, 0.05) is 5.92 Å². The van der Waals surface area contributed by atoms with Crippen molar-refractivity contribution in [3.63, 3.8) is 0 Å². The Kier molecular flexibility index (Phi) is 11.2. The van der Waals surface area contributed by atoms with E-state index in [4.69, 9.17) is 14.6 Å². The fourth-order valence-corrected chi connectivity index (χ4v) is 2.13. The number of aliphatic carboxylic acids is 1. The summed E-state index contributed by atoms with van der Waals surface area (Å²) in [6.07, 6.45) is 4.30. The number of aliphatic hydroxyl groups is 1. The first-order valence-corrected chi connectivity index (χ1v) is 9.07. The monoisotopic (exact) mass is 373 g/mol. The molecule has 7 nitrogen and oxygen atoms in total. The van der Waals surface area contributed by atoms with Crippen LogP contribution < -0.4 is 5.32 Å². The van der Waals surface area contributed by atoms with E-state index in [1.165, 1.54) is 0 Å². The number of aliphatic hydroxyl groups excluding tert-OH is 1. The maximum absolute atomic E-state index is 11.7. The molecule has 3 atom stereocenters. The lowest BCUT2D eigenvalue weighted by Gasteiger charge is -2.21. The molecule has 0 heterocycles. The molecule has 1 amide bonds. The molecule has 0 aliphatic rings. The van der Waals surface area contributed by atoms with Gasteiger partial charge in [0.25, 0.3) is 0 Å². The molecule has 0 bridgehead atoms. The van der Waals surface area contributed by atoms with Crippen molar-refractivity contribution in [2.45, 2.75) is 72.1 Å². The van der Waals surface area contributed by atoms with Crippen molar-refractivity contribution in [1.82, 2.24) is 5.32 Å². The van der Waals surface area contributed by atoms with Crippen LogP contribution in [0.1, 0.15) is 54.4 Å². The molecule has 0 rings (SSSR count). The first-order chi connectivity index (χ1) is 11.9. The minimum Gasteiger partial charge on any atom is -0.480 e. The molecule has 0 aromatic carbocycles. The van der Waals surface area contributed by atoms with Gasteiger partial charge in [-0.3, -0.25) is 0 Å². The average Bonchev–Trinajstić information content (AvgIpc) is 2.45. The molecular weight excluding hydrogens is 338 g/mol. The van der Waals surface area contributed by atoms with Crippen LogP contribution >= 0.6 is 0 Å². The summed E-state index contributed by atoms with van der Waals surface area (Å²) in [7, 11) is 0. The number of hydrogen-bond donors (Lipinski definition) is 3. The number of carboxylic acids is 1. The maximum Gasteiger partial charge on any atom is 0.408 e. The quantitative estimate of drug-likeness (QED) is 0.380. The minimum absolute atomic E-state index is 0.0381. The zero-order valence-corrected chi connectivity index (χ0v) is 16.8. The summed E-state index contributed by atoms with van der Waals surface area (Å²) < 4.78 is 10.4. The van der Waals surface area contributed by atoms with Crippen LogP contribution in [0.3, 0.4) is 0 Å². The number of hydrogen-bond acceptors (Lipinski definition) is 5. The van der Waals surface area contributed by atoms with Gasteiger partial charge in [0.05, 0.1) is 19.3 Å². The van der Waals surface area contributed by atoms with Gasteiger partial charge in [-0.1, -0.05) is 32.4 Å². The van der Waals surface area contributed by atoms with Crippen molar-refractivity contribution in [2.75, 3.05) is 13.2 Å². The Bertz CT molecular complexity index is 453. The van der Waals surface area contributed by atoms with Crippen molar-refractivity contribution in [3.8, 4) is 0 Å². The van der Waals surface area contributed by atoms with Crippen LogP contribution in [0, 0.1) is 11.8 Å². The van der Waals surface area contributed by atoms with E-state index in [-0.39, 0.29) is 19.1 Å². The van der Waals surface area contributed by atoms with Gasteiger partial charge in [-0.05, 0) is 40.0 Å². The predicted molar refractivity (Wildman–Crippen MR) is 100.0 cm³/mol. The van der Waals surface area contributed by atoms with Gasteiger partial charge in [0.2, 0.25) is 0 Å². The third-order valence-corrected chi connectivity index (χ3v) is 3.57. The predicted octanol–water partition coefficient (Wildman–Crippen LogP) is 2.97. The SMILES string of the molecule is CC(C)CCC(C=CCOCC(NC(=O)OC(C)(C)C)C(=O)O)[C@H](C)O. The van der Waals surface area contributed by atoms with Gasteiger partial charge in [-0.25, -0.2) is 9.59 Å². The van der Waals surface area contributed by atoms with E-state index >= 15 is 0 Å². The second kappa shape index (κ2) is 11.9. The highest BCUT2D eigenvalue weighted by Gasteiger charge is 2.24. The summed E-state index contributed by atoms with van der Waals surface area (Å²) in [4.78, 5) is 22.9. The van der Waals surface area contributed by atoms with Crippen LogP contribution in [0.5, 0.6) is 0 Å². The van der Waals surface area contributed by atoms with E-state index < -0.39 is 29.8 Å². The second-order valence-corrected chi connectivity index (χ2v) is 7.88. The van der Waals surface area contributed by atoms with E-state index in [1.807, 2.05) is 6.08 Å². The van der Waals surface area contributed by atoms with E-state index in [9.17, 15) is 14.7 Å². The third kappa shape index (κ3) is 12.7. The zero-order chi connectivity index (χ0) is 20.3. The van der Waals surface area contributed by atoms with E-state index in [1.54, 1.807) is 33.8 Å². The van der Waals surface area contributed by atoms with Gasteiger partial charge in [0.1, 0.15) is 5.60 Å². The molecule has 2 unspecified atom stereocenters. The Morgan fingerprint density at radius 2 is 1.77 bits per heavy atom. The summed E-state index contributed by atoms with van der Waals surface area (Å²) in [5.74, 6) is -0.592. The van der Waals surface area contributed by atoms with Crippen LogP contribution in [-0.4, -0.2) is 53.2 Å². The van der Waals surface area contributed by atoms with E-state index in [2.05, 4.69) is 19.2 Å². The highest BCUT2D eigenvalue weighted by Crippen LogP contribution is 2.17. The number of ether oxygens (including phenoxy) is 2. The van der Waals surface area contributed by atoms with Crippen molar-refractivity contribution in [2.24, 2.45) is 11.8 Å². The normalized spacial score (nSPS) is 15.7. The summed E-state index contributed by atoms with van der Waals surface area (Å²) in [5.41, 5.74) is -0.706. The molecule has 0 saturated carbocycles. The van der Waals surface area contributed by atoms with Crippen molar-refractivity contribution < 1.29 is 29.3 Å². The standard InChI is InChI=1S/C19H35NO6/c1-13(2)9-10-15(14(3)21)8-7-11-25-12-16(17(22)23)20-18(24)26-19(4,5)6/h7-8,13-16,21H,9-12H2,1-6H3,(H,20,24)(H,22,23)/t14-,15?,16?/m0/s1. The van der Waals surface area contributed by atoms with E-state index in [0.29, 0.717) is 5.92 Å².